The van der Waals surface area contributed by atoms with Crippen LogP contribution in [0, 0.1) is 0 Å². The van der Waals surface area contributed by atoms with Gasteiger partial charge in [-0.05, 0) is 29.8 Å². The molecule has 1 aromatic heterocycles. The number of halogens is 2. The molecule has 2 aromatic carbocycles. The number of imidazole rings is 1. The van der Waals surface area contributed by atoms with Gasteiger partial charge in [0.25, 0.3) is 5.76 Å². The molecule has 0 saturated carbocycles. The van der Waals surface area contributed by atoms with Gasteiger partial charge < -0.3 is 9.30 Å². The smallest absolute Gasteiger partial charge is 0.338 e. The SMILES string of the molecule is O=C(OCc1nccn1Cc1ccccc1)c1ccc(SC(F)F)cc1. The predicted molar refractivity (Wildman–Crippen MR) is 95.2 cm³/mol. The van der Waals surface area contributed by atoms with Crippen molar-refractivity contribution in [2.45, 2.75) is 23.8 Å². The molecule has 0 unspecified atom stereocenters. The van der Waals surface area contributed by atoms with E-state index in [-0.39, 0.29) is 6.61 Å². The Bertz CT molecular complexity index is 851. The zero-order valence-electron chi connectivity index (χ0n) is 13.7. The van der Waals surface area contributed by atoms with Crippen LogP contribution in [0.2, 0.25) is 0 Å². The van der Waals surface area contributed by atoms with Crippen LogP contribution in [0.25, 0.3) is 0 Å². The summed E-state index contributed by atoms with van der Waals surface area (Å²) in [6, 6.07) is 15.8. The highest BCUT2D eigenvalue weighted by molar-refractivity contribution is 7.99. The zero-order valence-corrected chi connectivity index (χ0v) is 14.5. The van der Waals surface area contributed by atoms with Gasteiger partial charge in [0.2, 0.25) is 0 Å². The number of aromatic nitrogens is 2. The summed E-state index contributed by atoms with van der Waals surface area (Å²) >= 11 is 0.434. The minimum absolute atomic E-state index is 0.0339. The van der Waals surface area contributed by atoms with Crippen LogP contribution >= 0.6 is 11.8 Å². The van der Waals surface area contributed by atoms with E-state index >= 15 is 0 Å². The summed E-state index contributed by atoms with van der Waals surface area (Å²) in [5, 5.41) is 0. The number of nitrogens with zero attached hydrogens (tertiary/aromatic N) is 2. The lowest BCUT2D eigenvalue weighted by Crippen LogP contribution is -2.10. The van der Waals surface area contributed by atoms with Crippen LogP contribution in [0.1, 0.15) is 21.7 Å². The molecule has 0 saturated heterocycles. The molecule has 134 valence electrons. The van der Waals surface area contributed by atoms with Crippen LogP contribution in [-0.2, 0) is 17.9 Å². The quantitative estimate of drug-likeness (QED) is 0.448. The molecule has 0 aliphatic rings. The van der Waals surface area contributed by atoms with Gasteiger partial charge in [-0.1, -0.05) is 42.1 Å². The molecule has 0 atom stereocenters. The summed E-state index contributed by atoms with van der Waals surface area (Å²) in [5.41, 5.74) is 1.43. The van der Waals surface area contributed by atoms with Crippen molar-refractivity contribution in [1.82, 2.24) is 9.55 Å². The van der Waals surface area contributed by atoms with Gasteiger partial charge in [0.1, 0.15) is 12.4 Å². The van der Waals surface area contributed by atoms with E-state index in [2.05, 4.69) is 4.98 Å². The Morgan fingerprint density at radius 2 is 1.85 bits per heavy atom. The molecular formula is C19H16F2N2O2S. The molecular weight excluding hydrogens is 358 g/mol. The summed E-state index contributed by atoms with van der Waals surface area (Å²) in [6.07, 6.45) is 3.48. The van der Waals surface area contributed by atoms with Gasteiger partial charge in [-0.15, -0.1) is 0 Å². The average Bonchev–Trinajstić information content (AvgIpc) is 3.07. The standard InChI is InChI=1S/C19H16F2N2O2S/c20-19(21)26-16-8-6-15(7-9-16)18(24)25-13-17-22-10-11-23(17)12-14-4-2-1-3-5-14/h1-11,19H,12-13H2. The number of carbonyl (C=O) groups is 1. The first-order chi connectivity index (χ1) is 12.6. The number of carbonyl (C=O) groups excluding carboxylic acids is 1. The summed E-state index contributed by atoms with van der Waals surface area (Å²) < 4.78 is 31.8. The van der Waals surface area contributed by atoms with Crippen molar-refractivity contribution in [3.05, 3.63) is 83.9 Å². The molecule has 0 amide bonds. The Labute approximate surface area is 153 Å². The van der Waals surface area contributed by atoms with Gasteiger partial charge in [0.15, 0.2) is 0 Å². The third-order valence-corrected chi connectivity index (χ3v) is 4.37. The molecule has 4 nitrogen and oxygen atoms in total. The summed E-state index contributed by atoms with van der Waals surface area (Å²) in [4.78, 5) is 16.8. The third kappa shape index (κ3) is 4.92. The zero-order chi connectivity index (χ0) is 18.4. The lowest BCUT2D eigenvalue weighted by Gasteiger charge is -2.09. The molecule has 0 radical (unpaired) electrons. The van der Waals surface area contributed by atoms with E-state index < -0.39 is 11.7 Å². The lowest BCUT2D eigenvalue weighted by atomic mass is 10.2. The molecule has 1 heterocycles. The number of thioether (sulfide) groups is 1. The lowest BCUT2D eigenvalue weighted by molar-refractivity contribution is 0.0458. The van der Waals surface area contributed by atoms with E-state index in [1.807, 2.05) is 41.1 Å². The topological polar surface area (TPSA) is 44.1 Å². The highest BCUT2D eigenvalue weighted by atomic mass is 32.2. The predicted octanol–water partition coefficient (Wildman–Crippen LogP) is 4.60. The maximum Gasteiger partial charge on any atom is 0.338 e. The normalized spacial score (nSPS) is 10.9. The number of benzene rings is 2. The molecule has 0 aliphatic heterocycles. The molecule has 0 bridgehead atoms. The molecule has 3 aromatic rings. The maximum absolute atomic E-state index is 12.3. The van der Waals surface area contributed by atoms with E-state index in [9.17, 15) is 13.6 Å². The van der Waals surface area contributed by atoms with E-state index in [0.29, 0.717) is 34.6 Å². The number of esters is 1. The Morgan fingerprint density at radius 1 is 1.12 bits per heavy atom. The number of alkyl halides is 2. The van der Waals surface area contributed by atoms with Gasteiger partial charge in [-0.3, -0.25) is 0 Å². The van der Waals surface area contributed by atoms with Crippen LogP contribution in [0.4, 0.5) is 8.78 Å². The minimum atomic E-state index is -2.49. The van der Waals surface area contributed by atoms with E-state index in [1.165, 1.54) is 24.3 Å². The van der Waals surface area contributed by atoms with E-state index in [0.717, 1.165) is 5.56 Å². The van der Waals surface area contributed by atoms with Crippen molar-refractivity contribution in [1.29, 1.82) is 0 Å². The van der Waals surface area contributed by atoms with Crippen molar-refractivity contribution >= 4 is 17.7 Å². The fourth-order valence-electron chi connectivity index (χ4n) is 2.39. The molecule has 26 heavy (non-hydrogen) atoms. The van der Waals surface area contributed by atoms with Crippen LogP contribution in [0.15, 0.2) is 71.9 Å². The maximum atomic E-state index is 12.3. The minimum Gasteiger partial charge on any atom is -0.454 e. The Hall–Kier alpha value is -2.67. The summed E-state index contributed by atoms with van der Waals surface area (Å²) in [7, 11) is 0. The first-order valence-corrected chi connectivity index (χ1v) is 8.76. The number of hydrogen-bond donors (Lipinski definition) is 0. The number of rotatable bonds is 7. The summed E-state index contributed by atoms with van der Waals surface area (Å²) in [5.74, 6) is -2.38. The molecule has 0 fully saturated rings. The van der Waals surface area contributed by atoms with Gasteiger partial charge in [-0.25, -0.2) is 9.78 Å². The van der Waals surface area contributed by atoms with Gasteiger partial charge in [-0.2, -0.15) is 8.78 Å². The highest BCUT2D eigenvalue weighted by Gasteiger charge is 2.11. The second-order valence-corrected chi connectivity index (χ2v) is 6.50. The molecule has 3 rings (SSSR count). The third-order valence-electron chi connectivity index (χ3n) is 3.64. The van der Waals surface area contributed by atoms with Crippen LogP contribution < -0.4 is 0 Å². The van der Waals surface area contributed by atoms with Crippen molar-refractivity contribution < 1.29 is 18.3 Å². The Morgan fingerprint density at radius 3 is 2.54 bits per heavy atom. The molecule has 7 heteroatoms. The number of hydrogen-bond acceptors (Lipinski definition) is 4. The first kappa shape index (κ1) is 18.1. The van der Waals surface area contributed by atoms with Crippen molar-refractivity contribution in [2.75, 3.05) is 0 Å². The van der Waals surface area contributed by atoms with Crippen molar-refractivity contribution in [2.24, 2.45) is 0 Å². The first-order valence-electron chi connectivity index (χ1n) is 7.88. The second kappa shape index (κ2) is 8.62. The van der Waals surface area contributed by atoms with Crippen LogP contribution in [-0.4, -0.2) is 21.3 Å². The van der Waals surface area contributed by atoms with Gasteiger partial charge in [0, 0.05) is 23.8 Å². The van der Waals surface area contributed by atoms with Crippen molar-refractivity contribution in [3.63, 3.8) is 0 Å². The molecule has 0 spiro atoms. The average molecular weight is 374 g/mol. The fourth-order valence-corrected chi connectivity index (χ4v) is 2.89. The molecule has 0 N–H and O–H groups in total. The highest BCUT2D eigenvalue weighted by Crippen LogP contribution is 2.25. The van der Waals surface area contributed by atoms with E-state index in [4.69, 9.17) is 4.74 Å². The Balaban J connectivity index is 1.59. The Kier molecular flexibility index (Phi) is 6.01. The monoisotopic (exact) mass is 374 g/mol. The number of ether oxygens (including phenoxy) is 1. The molecule has 0 aliphatic carbocycles. The van der Waals surface area contributed by atoms with Gasteiger partial charge >= 0.3 is 5.97 Å². The second-order valence-electron chi connectivity index (χ2n) is 5.44. The fraction of sp³-hybridized carbons (Fsp3) is 0.158. The van der Waals surface area contributed by atoms with Crippen LogP contribution in [0.5, 0.6) is 0 Å². The summed E-state index contributed by atoms with van der Waals surface area (Å²) in [6.45, 7) is 0.666. The van der Waals surface area contributed by atoms with E-state index in [1.54, 1.807) is 6.20 Å². The van der Waals surface area contributed by atoms with Gasteiger partial charge in [0.05, 0.1) is 5.56 Å². The largest absolute Gasteiger partial charge is 0.454 e. The van der Waals surface area contributed by atoms with Crippen LogP contribution in [0.3, 0.4) is 0 Å². The van der Waals surface area contributed by atoms with Crippen molar-refractivity contribution in [3.8, 4) is 0 Å².